The fourth-order valence-corrected chi connectivity index (χ4v) is 4.17. The highest BCUT2D eigenvalue weighted by Gasteiger charge is 2.22. The number of aryl methyl sites for hydroxylation is 3. The minimum Gasteiger partial charge on any atom is -0.305 e. The summed E-state index contributed by atoms with van der Waals surface area (Å²) >= 11 is 5.46. The zero-order chi connectivity index (χ0) is 13.4. The molecule has 100 valence electrons. The standard InChI is InChI=1S/C16H18BrNS/c1-10-7-14(19-11(10)2)9-18-16-6-3-12-8-13(17)4-5-15(12)16/h4-5,7-8,16,18H,3,6,9H2,1-2H3. The van der Waals surface area contributed by atoms with Gasteiger partial charge < -0.3 is 5.32 Å². The molecule has 0 fully saturated rings. The van der Waals surface area contributed by atoms with Crippen molar-refractivity contribution in [3.05, 3.63) is 55.2 Å². The minimum absolute atomic E-state index is 0.519. The highest BCUT2D eigenvalue weighted by atomic mass is 79.9. The maximum atomic E-state index is 3.71. The van der Waals surface area contributed by atoms with Gasteiger partial charge in [0.2, 0.25) is 0 Å². The van der Waals surface area contributed by atoms with E-state index >= 15 is 0 Å². The molecule has 3 rings (SSSR count). The van der Waals surface area contributed by atoms with Crippen LogP contribution in [0.4, 0.5) is 0 Å². The molecule has 1 atom stereocenters. The lowest BCUT2D eigenvalue weighted by molar-refractivity contribution is 0.533. The van der Waals surface area contributed by atoms with Gasteiger partial charge in [-0.3, -0.25) is 0 Å². The van der Waals surface area contributed by atoms with Gasteiger partial charge in [0.05, 0.1) is 0 Å². The van der Waals surface area contributed by atoms with Crippen molar-refractivity contribution in [2.24, 2.45) is 0 Å². The predicted octanol–water partition coefficient (Wildman–Crippen LogP) is 4.90. The summed E-state index contributed by atoms with van der Waals surface area (Å²) in [5.74, 6) is 0. The first-order valence-corrected chi connectivity index (χ1v) is 8.32. The number of hydrogen-bond acceptors (Lipinski definition) is 2. The van der Waals surface area contributed by atoms with Gasteiger partial charge in [-0.05, 0) is 61.6 Å². The molecule has 1 aromatic heterocycles. The van der Waals surface area contributed by atoms with E-state index in [9.17, 15) is 0 Å². The van der Waals surface area contributed by atoms with E-state index in [-0.39, 0.29) is 0 Å². The van der Waals surface area contributed by atoms with Gasteiger partial charge in [0.1, 0.15) is 0 Å². The quantitative estimate of drug-likeness (QED) is 0.840. The second-order valence-electron chi connectivity index (χ2n) is 5.27. The Balaban J connectivity index is 1.70. The van der Waals surface area contributed by atoms with Crippen LogP contribution in [-0.2, 0) is 13.0 Å². The van der Waals surface area contributed by atoms with Gasteiger partial charge in [-0.15, -0.1) is 11.3 Å². The van der Waals surface area contributed by atoms with Crippen molar-refractivity contribution < 1.29 is 0 Å². The Morgan fingerprint density at radius 3 is 2.89 bits per heavy atom. The molecule has 0 radical (unpaired) electrons. The second kappa shape index (κ2) is 5.39. The van der Waals surface area contributed by atoms with E-state index in [1.165, 1.54) is 43.8 Å². The normalized spacial score (nSPS) is 17.7. The summed E-state index contributed by atoms with van der Waals surface area (Å²) in [6, 6.07) is 9.50. The van der Waals surface area contributed by atoms with Crippen LogP contribution in [0, 0.1) is 13.8 Å². The fourth-order valence-electron chi connectivity index (χ4n) is 2.76. The molecule has 2 aromatic rings. The van der Waals surface area contributed by atoms with Crippen molar-refractivity contribution in [1.29, 1.82) is 0 Å². The van der Waals surface area contributed by atoms with Gasteiger partial charge in [-0.25, -0.2) is 0 Å². The monoisotopic (exact) mass is 335 g/mol. The lowest BCUT2D eigenvalue weighted by atomic mass is 10.1. The molecule has 0 aliphatic heterocycles. The van der Waals surface area contributed by atoms with Crippen LogP contribution >= 0.6 is 27.3 Å². The molecule has 1 nitrogen and oxygen atoms in total. The Hall–Kier alpha value is -0.640. The molecule has 1 unspecified atom stereocenters. The molecule has 19 heavy (non-hydrogen) atoms. The van der Waals surface area contributed by atoms with E-state index in [4.69, 9.17) is 0 Å². The van der Waals surface area contributed by atoms with Crippen molar-refractivity contribution >= 4 is 27.3 Å². The minimum atomic E-state index is 0.519. The Kier molecular flexibility index (Phi) is 3.79. The van der Waals surface area contributed by atoms with Crippen LogP contribution in [0.15, 0.2) is 28.7 Å². The number of benzene rings is 1. The molecule has 0 amide bonds. The smallest absolute Gasteiger partial charge is 0.0329 e. The summed E-state index contributed by atoms with van der Waals surface area (Å²) in [7, 11) is 0. The first kappa shape index (κ1) is 13.3. The molecule has 0 spiro atoms. The molecule has 0 bridgehead atoms. The van der Waals surface area contributed by atoms with Crippen LogP contribution in [0.2, 0.25) is 0 Å². The number of thiophene rings is 1. The maximum Gasteiger partial charge on any atom is 0.0329 e. The van der Waals surface area contributed by atoms with E-state index < -0.39 is 0 Å². The Labute approximate surface area is 127 Å². The SMILES string of the molecule is Cc1cc(CNC2CCc3cc(Br)ccc32)sc1C. The van der Waals surface area contributed by atoms with Crippen molar-refractivity contribution in [1.82, 2.24) is 5.32 Å². The molecule has 3 heteroatoms. The molecule has 1 heterocycles. The highest BCUT2D eigenvalue weighted by Crippen LogP contribution is 2.33. The van der Waals surface area contributed by atoms with Gasteiger partial charge in [-0.1, -0.05) is 22.0 Å². The molecule has 1 aliphatic rings. The van der Waals surface area contributed by atoms with Gasteiger partial charge in [0.25, 0.3) is 0 Å². The number of halogens is 1. The van der Waals surface area contributed by atoms with Crippen molar-refractivity contribution in [2.45, 2.75) is 39.3 Å². The number of hydrogen-bond donors (Lipinski definition) is 1. The third kappa shape index (κ3) is 2.78. The summed E-state index contributed by atoms with van der Waals surface area (Å²) in [6.45, 7) is 5.38. The van der Waals surface area contributed by atoms with E-state index in [1.54, 1.807) is 0 Å². The summed E-state index contributed by atoms with van der Waals surface area (Å²) in [6.07, 6.45) is 2.41. The topological polar surface area (TPSA) is 12.0 Å². The predicted molar refractivity (Wildman–Crippen MR) is 85.8 cm³/mol. The van der Waals surface area contributed by atoms with Crippen LogP contribution < -0.4 is 5.32 Å². The maximum absolute atomic E-state index is 3.71. The Morgan fingerprint density at radius 1 is 1.32 bits per heavy atom. The van der Waals surface area contributed by atoms with Crippen molar-refractivity contribution in [2.75, 3.05) is 0 Å². The van der Waals surface area contributed by atoms with Gasteiger partial charge in [-0.2, -0.15) is 0 Å². The molecule has 1 aromatic carbocycles. The summed E-state index contributed by atoms with van der Waals surface area (Å²) in [5, 5.41) is 3.71. The number of nitrogens with one attached hydrogen (secondary N) is 1. The fraction of sp³-hybridized carbons (Fsp3) is 0.375. The van der Waals surface area contributed by atoms with Crippen LogP contribution in [-0.4, -0.2) is 0 Å². The summed E-state index contributed by atoms with van der Waals surface area (Å²) in [4.78, 5) is 2.88. The van der Waals surface area contributed by atoms with E-state index in [0.29, 0.717) is 6.04 Å². The third-order valence-corrected chi connectivity index (χ3v) is 5.57. The molecular weight excluding hydrogens is 318 g/mol. The van der Waals surface area contributed by atoms with E-state index in [0.717, 1.165) is 6.54 Å². The van der Waals surface area contributed by atoms with Crippen molar-refractivity contribution in [3.8, 4) is 0 Å². The van der Waals surface area contributed by atoms with Crippen LogP contribution in [0.1, 0.15) is 38.9 Å². The molecule has 0 saturated carbocycles. The zero-order valence-corrected chi connectivity index (χ0v) is 13.7. The Morgan fingerprint density at radius 2 is 2.16 bits per heavy atom. The highest BCUT2D eigenvalue weighted by molar-refractivity contribution is 9.10. The lowest BCUT2D eigenvalue weighted by Crippen LogP contribution is -2.17. The average Bonchev–Trinajstić information content (AvgIpc) is 2.91. The number of rotatable bonds is 3. The molecule has 1 N–H and O–H groups in total. The zero-order valence-electron chi connectivity index (χ0n) is 11.3. The average molecular weight is 336 g/mol. The van der Waals surface area contributed by atoms with E-state index in [1.807, 2.05) is 11.3 Å². The lowest BCUT2D eigenvalue weighted by Gasteiger charge is -2.13. The largest absolute Gasteiger partial charge is 0.305 e. The first-order valence-electron chi connectivity index (χ1n) is 6.71. The molecule has 0 saturated heterocycles. The van der Waals surface area contributed by atoms with Crippen LogP contribution in [0.25, 0.3) is 0 Å². The molecule has 1 aliphatic carbocycles. The second-order valence-corrected chi connectivity index (χ2v) is 7.52. The van der Waals surface area contributed by atoms with Gasteiger partial charge in [0.15, 0.2) is 0 Å². The van der Waals surface area contributed by atoms with Gasteiger partial charge >= 0.3 is 0 Å². The molecular formula is C16H18BrNS. The van der Waals surface area contributed by atoms with Gasteiger partial charge in [0, 0.05) is 26.8 Å². The number of fused-ring (bicyclic) bond motifs is 1. The summed E-state index contributed by atoms with van der Waals surface area (Å²) in [5.41, 5.74) is 4.39. The third-order valence-electron chi connectivity index (χ3n) is 3.92. The van der Waals surface area contributed by atoms with Crippen LogP contribution in [0.5, 0.6) is 0 Å². The van der Waals surface area contributed by atoms with Crippen LogP contribution in [0.3, 0.4) is 0 Å². The summed E-state index contributed by atoms with van der Waals surface area (Å²) < 4.78 is 1.19. The first-order chi connectivity index (χ1) is 9.13. The van der Waals surface area contributed by atoms with Crippen molar-refractivity contribution in [3.63, 3.8) is 0 Å². The van der Waals surface area contributed by atoms with E-state index in [2.05, 4.69) is 59.4 Å². The Bertz CT molecular complexity index is 583.